The largest absolute Gasteiger partial charge is 0.364 e. The van der Waals surface area contributed by atoms with Gasteiger partial charge in [0.05, 0.1) is 17.1 Å². The summed E-state index contributed by atoms with van der Waals surface area (Å²) in [6.45, 7) is 3.12. The molecular weight excluding hydrogens is 330 g/mol. The molecule has 5 rings (SSSR count). The number of aryl methyl sites for hydroxylation is 1. The van der Waals surface area contributed by atoms with Gasteiger partial charge in [0.25, 0.3) is 0 Å². The monoisotopic (exact) mass is 353 g/mol. The van der Waals surface area contributed by atoms with Crippen LogP contribution in [0.25, 0.3) is 22.2 Å². The summed E-state index contributed by atoms with van der Waals surface area (Å²) in [5.41, 5.74) is 7.39. The summed E-state index contributed by atoms with van der Waals surface area (Å²) in [6, 6.07) is 26.7. The van der Waals surface area contributed by atoms with Gasteiger partial charge in [0.15, 0.2) is 0 Å². The van der Waals surface area contributed by atoms with Crippen LogP contribution >= 0.6 is 0 Å². The van der Waals surface area contributed by atoms with Gasteiger partial charge in [-0.3, -0.25) is 0 Å². The molecule has 0 spiro atoms. The first kappa shape index (κ1) is 16.1. The van der Waals surface area contributed by atoms with Gasteiger partial charge in [-0.1, -0.05) is 48.5 Å². The SMILES string of the molecule is Cc1nc2ccc([C@H]3CCCN3c3ccc(-c4ccccc4)cc3)cc2[nH]1. The summed E-state index contributed by atoms with van der Waals surface area (Å²) in [6.07, 6.45) is 2.42. The molecule has 2 heterocycles. The number of imidazole rings is 1. The second kappa shape index (κ2) is 6.58. The Morgan fingerprint density at radius 2 is 1.70 bits per heavy atom. The van der Waals surface area contributed by atoms with Crippen LogP contribution in [0.1, 0.15) is 30.3 Å². The molecule has 1 saturated heterocycles. The highest BCUT2D eigenvalue weighted by Gasteiger charge is 2.26. The van der Waals surface area contributed by atoms with Crippen molar-refractivity contribution in [1.82, 2.24) is 9.97 Å². The number of fused-ring (bicyclic) bond motifs is 1. The molecule has 134 valence electrons. The molecule has 1 atom stereocenters. The highest BCUT2D eigenvalue weighted by molar-refractivity contribution is 5.76. The van der Waals surface area contributed by atoms with Crippen molar-refractivity contribution in [2.75, 3.05) is 11.4 Å². The molecule has 3 aromatic carbocycles. The second-order valence-electron chi connectivity index (χ2n) is 7.36. The topological polar surface area (TPSA) is 31.9 Å². The minimum absolute atomic E-state index is 0.431. The number of aromatic amines is 1. The lowest BCUT2D eigenvalue weighted by atomic mass is 10.0. The van der Waals surface area contributed by atoms with E-state index in [-0.39, 0.29) is 0 Å². The lowest BCUT2D eigenvalue weighted by Crippen LogP contribution is -2.22. The molecule has 0 radical (unpaired) electrons. The summed E-state index contributed by atoms with van der Waals surface area (Å²) in [5, 5.41) is 0. The minimum Gasteiger partial charge on any atom is -0.364 e. The van der Waals surface area contributed by atoms with Crippen LogP contribution in [0.15, 0.2) is 72.8 Å². The molecule has 0 bridgehead atoms. The predicted molar refractivity (Wildman–Crippen MR) is 112 cm³/mol. The summed E-state index contributed by atoms with van der Waals surface area (Å²) in [4.78, 5) is 10.4. The van der Waals surface area contributed by atoms with Crippen LogP contribution in [-0.2, 0) is 0 Å². The lowest BCUT2D eigenvalue weighted by Gasteiger charge is -2.27. The average Bonchev–Trinajstić information content (AvgIpc) is 3.34. The highest BCUT2D eigenvalue weighted by Crippen LogP contribution is 2.37. The number of hydrogen-bond acceptors (Lipinski definition) is 2. The van der Waals surface area contributed by atoms with E-state index in [0.717, 1.165) is 23.4 Å². The fourth-order valence-electron chi connectivity index (χ4n) is 4.26. The van der Waals surface area contributed by atoms with E-state index in [0.29, 0.717) is 6.04 Å². The molecular formula is C24H23N3. The van der Waals surface area contributed by atoms with Gasteiger partial charge < -0.3 is 9.88 Å². The first-order valence-corrected chi connectivity index (χ1v) is 9.66. The zero-order valence-electron chi connectivity index (χ0n) is 15.5. The Morgan fingerprint density at radius 1 is 0.926 bits per heavy atom. The van der Waals surface area contributed by atoms with Gasteiger partial charge in [-0.05, 0) is 60.7 Å². The van der Waals surface area contributed by atoms with Crippen LogP contribution in [0, 0.1) is 6.92 Å². The zero-order valence-corrected chi connectivity index (χ0v) is 15.5. The fourth-order valence-corrected chi connectivity index (χ4v) is 4.26. The number of nitrogens with zero attached hydrogens (tertiary/aromatic N) is 2. The van der Waals surface area contributed by atoms with Crippen LogP contribution in [0.3, 0.4) is 0 Å². The van der Waals surface area contributed by atoms with Crippen LogP contribution in [0.2, 0.25) is 0 Å². The van der Waals surface area contributed by atoms with Crippen LogP contribution in [-0.4, -0.2) is 16.5 Å². The van der Waals surface area contributed by atoms with Gasteiger partial charge in [-0.2, -0.15) is 0 Å². The van der Waals surface area contributed by atoms with E-state index in [4.69, 9.17) is 0 Å². The third-order valence-electron chi connectivity index (χ3n) is 5.57. The first-order chi connectivity index (χ1) is 13.3. The molecule has 1 N–H and O–H groups in total. The van der Waals surface area contributed by atoms with Gasteiger partial charge in [0.2, 0.25) is 0 Å². The molecule has 0 amide bonds. The Kier molecular flexibility index (Phi) is 3.93. The third kappa shape index (κ3) is 2.99. The number of hydrogen-bond donors (Lipinski definition) is 1. The Labute approximate surface area is 159 Å². The molecule has 27 heavy (non-hydrogen) atoms. The molecule has 3 heteroatoms. The molecule has 3 nitrogen and oxygen atoms in total. The molecule has 1 aliphatic heterocycles. The standard InChI is InChI=1S/C24H23N3/c1-17-25-22-14-11-20(16-23(22)26-17)24-8-5-15-27(24)21-12-9-19(10-13-21)18-6-3-2-4-7-18/h2-4,6-7,9-14,16,24H,5,8,15H2,1H3,(H,25,26)/t24-/m1/s1. The number of nitrogens with one attached hydrogen (secondary N) is 1. The Balaban J connectivity index is 1.45. The maximum atomic E-state index is 4.53. The molecule has 0 aliphatic carbocycles. The number of anilines is 1. The van der Waals surface area contributed by atoms with Crippen LogP contribution in [0.4, 0.5) is 5.69 Å². The number of H-pyrrole nitrogens is 1. The summed E-state index contributed by atoms with van der Waals surface area (Å²) < 4.78 is 0. The van der Waals surface area contributed by atoms with Crippen molar-refractivity contribution in [3.05, 3.63) is 84.2 Å². The van der Waals surface area contributed by atoms with E-state index in [9.17, 15) is 0 Å². The van der Waals surface area contributed by atoms with Crippen LogP contribution in [0.5, 0.6) is 0 Å². The normalized spacial score (nSPS) is 16.9. The van der Waals surface area contributed by atoms with Crippen molar-refractivity contribution in [3.8, 4) is 11.1 Å². The van der Waals surface area contributed by atoms with E-state index in [1.54, 1.807) is 0 Å². The van der Waals surface area contributed by atoms with Crippen molar-refractivity contribution in [3.63, 3.8) is 0 Å². The van der Waals surface area contributed by atoms with E-state index in [1.807, 2.05) is 6.92 Å². The lowest BCUT2D eigenvalue weighted by molar-refractivity contribution is 0.720. The molecule has 1 aromatic heterocycles. The van der Waals surface area contributed by atoms with Gasteiger partial charge in [0.1, 0.15) is 5.82 Å². The molecule has 0 saturated carbocycles. The average molecular weight is 353 g/mol. The van der Waals surface area contributed by atoms with Gasteiger partial charge in [0, 0.05) is 12.2 Å². The van der Waals surface area contributed by atoms with Gasteiger partial charge in [-0.25, -0.2) is 4.98 Å². The van der Waals surface area contributed by atoms with E-state index < -0.39 is 0 Å². The maximum absolute atomic E-state index is 4.53. The van der Waals surface area contributed by atoms with Crippen molar-refractivity contribution in [1.29, 1.82) is 0 Å². The minimum atomic E-state index is 0.431. The van der Waals surface area contributed by atoms with Gasteiger partial charge in [-0.15, -0.1) is 0 Å². The number of benzene rings is 3. The maximum Gasteiger partial charge on any atom is 0.104 e. The van der Waals surface area contributed by atoms with Crippen molar-refractivity contribution < 1.29 is 0 Å². The Bertz CT molecular complexity index is 1060. The van der Waals surface area contributed by atoms with Crippen molar-refractivity contribution in [2.24, 2.45) is 0 Å². The third-order valence-corrected chi connectivity index (χ3v) is 5.57. The molecule has 1 fully saturated rings. The predicted octanol–water partition coefficient (Wildman–Crippen LogP) is 5.88. The molecule has 0 unspecified atom stereocenters. The number of aromatic nitrogens is 2. The molecule has 4 aromatic rings. The smallest absolute Gasteiger partial charge is 0.104 e. The quantitative estimate of drug-likeness (QED) is 0.499. The van der Waals surface area contributed by atoms with Crippen LogP contribution < -0.4 is 4.90 Å². The molecule has 1 aliphatic rings. The number of rotatable bonds is 3. The zero-order chi connectivity index (χ0) is 18.2. The van der Waals surface area contributed by atoms with Crippen molar-refractivity contribution in [2.45, 2.75) is 25.8 Å². The van der Waals surface area contributed by atoms with Gasteiger partial charge >= 0.3 is 0 Å². The first-order valence-electron chi connectivity index (χ1n) is 9.66. The summed E-state index contributed by atoms with van der Waals surface area (Å²) in [5.74, 6) is 0.974. The van der Waals surface area contributed by atoms with E-state index in [1.165, 1.54) is 35.2 Å². The van der Waals surface area contributed by atoms with E-state index in [2.05, 4.69) is 87.7 Å². The fraction of sp³-hybridized carbons (Fsp3) is 0.208. The highest BCUT2D eigenvalue weighted by atomic mass is 15.2. The summed E-state index contributed by atoms with van der Waals surface area (Å²) in [7, 11) is 0. The van der Waals surface area contributed by atoms with E-state index >= 15 is 0 Å². The Hall–Kier alpha value is -3.07. The summed E-state index contributed by atoms with van der Waals surface area (Å²) >= 11 is 0. The second-order valence-corrected chi connectivity index (χ2v) is 7.36. The van der Waals surface area contributed by atoms with Crippen molar-refractivity contribution >= 4 is 16.7 Å². The Morgan fingerprint density at radius 3 is 2.52 bits per heavy atom.